The molecular formula is C14H9ClN2O. The number of ether oxygens (including phenoxy) is 1. The van der Waals surface area contributed by atoms with E-state index in [-0.39, 0.29) is 0 Å². The number of hydrogen-bond acceptors (Lipinski definition) is 3. The van der Waals surface area contributed by atoms with Gasteiger partial charge in [-0.05, 0) is 11.5 Å². The highest BCUT2D eigenvalue weighted by Gasteiger charge is 2.04. The Hall–Kier alpha value is -2.13. The molecule has 0 saturated heterocycles. The summed E-state index contributed by atoms with van der Waals surface area (Å²) in [6, 6.07) is 13.9. The smallest absolute Gasteiger partial charge is 0.239 e. The molecule has 0 fully saturated rings. The maximum atomic E-state index is 5.78. The maximum absolute atomic E-state index is 5.78. The fourth-order valence-electron chi connectivity index (χ4n) is 1.77. The largest absolute Gasteiger partial charge is 0.437 e. The number of benzene rings is 2. The van der Waals surface area contributed by atoms with E-state index in [1.54, 1.807) is 0 Å². The second-order valence-corrected chi connectivity index (χ2v) is 4.15. The molecule has 0 saturated carbocycles. The highest BCUT2D eigenvalue weighted by molar-refractivity contribution is 6.29. The van der Waals surface area contributed by atoms with E-state index in [4.69, 9.17) is 16.3 Å². The van der Waals surface area contributed by atoms with Crippen molar-refractivity contribution < 1.29 is 4.74 Å². The lowest BCUT2D eigenvalue weighted by atomic mass is 10.1. The molecule has 0 unspecified atom stereocenters. The molecular weight excluding hydrogens is 248 g/mol. The summed E-state index contributed by atoms with van der Waals surface area (Å²) < 4.78 is 5.71. The predicted octanol–water partition coefficient (Wildman–Crippen LogP) is 4.08. The molecule has 0 aliphatic carbocycles. The molecule has 0 bridgehead atoms. The molecule has 3 aromatic rings. The quantitative estimate of drug-likeness (QED) is 0.693. The molecule has 18 heavy (non-hydrogen) atoms. The first-order valence-corrected chi connectivity index (χ1v) is 5.84. The lowest BCUT2D eigenvalue weighted by Gasteiger charge is -2.07. The molecule has 0 atom stereocenters. The van der Waals surface area contributed by atoms with Gasteiger partial charge in [0.1, 0.15) is 5.75 Å². The number of halogens is 1. The second-order valence-electron chi connectivity index (χ2n) is 3.76. The van der Waals surface area contributed by atoms with Gasteiger partial charge in [0.05, 0.1) is 12.4 Å². The second kappa shape index (κ2) is 4.63. The Morgan fingerprint density at radius 1 is 0.944 bits per heavy atom. The minimum Gasteiger partial charge on any atom is -0.437 e. The average molecular weight is 257 g/mol. The Kier molecular flexibility index (Phi) is 2.82. The number of rotatable bonds is 2. The van der Waals surface area contributed by atoms with E-state index < -0.39 is 0 Å². The van der Waals surface area contributed by atoms with Gasteiger partial charge in [-0.2, -0.15) is 4.98 Å². The van der Waals surface area contributed by atoms with Gasteiger partial charge >= 0.3 is 0 Å². The summed E-state index contributed by atoms with van der Waals surface area (Å²) in [5.41, 5.74) is 0. The van der Waals surface area contributed by atoms with Crippen LogP contribution in [0.3, 0.4) is 0 Å². The molecule has 3 rings (SSSR count). The Morgan fingerprint density at radius 3 is 2.67 bits per heavy atom. The van der Waals surface area contributed by atoms with Gasteiger partial charge in [0.25, 0.3) is 0 Å². The Morgan fingerprint density at radius 2 is 1.78 bits per heavy atom. The van der Waals surface area contributed by atoms with E-state index in [1.807, 2.05) is 42.5 Å². The molecule has 1 aromatic heterocycles. The SMILES string of the molecule is Clc1cncc(Oc2cccc3ccccc23)n1. The molecule has 2 aromatic carbocycles. The lowest BCUT2D eigenvalue weighted by Crippen LogP contribution is -1.90. The lowest BCUT2D eigenvalue weighted by molar-refractivity contribution is 0.465. The van der Waals surface area contributed by atoms with E-state index >= 15 is 0 Å². The third-order valence-corrected chi connectivity index (χ3v) is 2.73. The Labute approximate surface area is 109 Å². The Balaban J connectivity index is 2.05. The van der Waals surface area contributed by atoms with Crippen LogP contribution in [0.2, 0.25) is 5.15 Å². The number of hydrogen-bond donors (Lipinski definition) is 0. The van der Waals surface area contributed by atoms with Gasteiger partial charge in [-0.15, -0.1) is 0 Å². The van der Waals surface area contributed by atoms with Crippen LogP contribution in [-0.4, -0.2) is 9.97 Å². The molecule has 0 N–H and O–H groups in total. The molecule has 0 aliphatic heterocycles. The third-order valence-electron chi connectivity index (χ3n) is 2.55. The van der Waals surface area contributed by atoms with Crippen LogP contribution in [0.1, 0.15) is 0 Å². The Bertz CT molecular complexity index is 695. The zero-order chi connectivity index (χ0) is 12.4. The maximum Gasteiger partial charge on any atom is 0.239 e. The molecule has 3 nitrogen and oxygen atoms in total. The molecule has 4 heteroatoms. The van der Waals surface area contributed by atoms with Gasteiger partial charge in [0, 0.05) is 5.39 Å². The molecule has 0 amide bonds. The fraction of sp³-hybridized carbons (Fsp3) is 0. The van der Waals surface area contributed by atoms with Crippen molar-refractivity contribution in [2.75, 3.05) is 0 Å². The minimum absolute atomic E-state index is 0.313. The van der Waals surface area contributed by atoms with Gasteiger partial charge in [-0.1, -0.05) is 48.0 Å². The summed E-state index contributed by atoms with van der Waals surface area (Å²) in [6.45, 7) is 0. The van der Waals surface area contributed by atoms with Crippen LogP contribution >= 0.6 is 11.6 Å². The molecule has 0 radical (unpaired) electrons. The normalized spacial score (nSPS) is 10.5. The summed E-state index contributed by atoms with van der Waals surface area (Å²) >= 11 is 5.78. The first-order chi connectivity index (χ1) is 8.83. The molecule has 1 heterocycles. The summed E-state index contributed by atoms with van der Waals surface area (Å²) in [5, 5.41) is 2.46. The fourth-order valence-corrected chi connectivity index (χ4v) is 1.91. The summed E-state index contributed by atoms with van der Waals surface area (Å²) in [4.78, 5) is 8.00. The predicted molar refractivity (Wildman–Crippen MR) is 71.1 cm³/mol. The van der Waals surface area contributed by atoms with Crippen molar-refractivity contribution in [2.45, 2.75) is 0 Å². The summed E-state index contributed by atoms with van der Waals surface area (Å²) in [7, 11) is 0. The van der Waals surface area contributed by atoms with Crippen LogP contribution in [0.15, 0.2) is 54.9 Å². The average Bonchev–Trinajstić information content (AvgIpc) is 2.39. The van der Waals surface area contributed by atoms with Crippen molar-refractivity contribution in [3.05, 3.63) is 60.0 Å². The van der Waals surface area contributed by atoms with Gasteiger partial charge in [-0.3, -0.25) is 4.98 Å². The van der Waals surface area contributed by atoms with Crippen molar-refractivity contribution in [3.63, 3.8) is 0 Å². The first kappa shape index (κ1) is 11.0. The van der Waals surface area contributed by atoms with Crippen molar-refractivity contribution >= 4 is 22.4 Å². The third kappa shape index (κ3) is 2.13. The van der Waals surface area contributed by atoms with Crippen LogP contribution in [0.4, 0.5) is 0 Å². The van der Waals surface area contributed by atoms with E-state index in [0.29, 0.717) is 11.0 Å². The number of nitrogens with zero attached hydrogens (tertiary/aromatic N) is 2. The van der Waals surface area contributed by atoms with E-state index in [2.05, 4.69) is 9.97 Å². The van der Waals surface area contributed by atoms with E-state index in [1.165, 1.54) is 12.4 Å². The van der Waals surface area contributed by atoms with Crippen LogP contribution < -0.4 is 4.74 Å². The summed E-state index contributed by atoms with van der Waals surface area (Å²) in [6.07, 6.45) is 3.01. The van der Waals surface area contributed by atoms with Crippen molar-refractivity contribution in [1.82, 2.24) is 9.97 Å². The highest BCUT2D eigenvalue weighted by Crippen LogP contribution is 2.28. The number of fused-ring (bicyclic) bond motifs is 1. The molecule has 0 aliphatic rings. The molecule has 0 spiro atoms. The van der Waals surface area contributed by atoms with E-state index in [9.17, 15) is 0 Å². The zero-order valence-electron chi connectivity index (χ0n) is 9.38. The van der Waals surface area contributed by atoms with Crippen LogP contribution in [0, 0.1) is 0 Å². The van der Waals surface area contributed by atoms with Crippen molar-refractivity contribution in [1.29, 1.82) is 0 Å². The van der Waals surface area contributed by atoms with Gasteiger partial charge in [0.2, 0.25) is 5.88 Å². The van der Waals surface area contributed by atoms with Gasteiger partial charge < -0.3 is 4.74 Å². The highest BCUT2D eigenvalue weighted by atomic mass is 35.5. The summed E-state index contributed by atoms with van der Waals surface area (Å²) in [5.74, 6) is 1.13. The zero-order valence-corrected chi connectivity index (χ0v) is 10.1. The number of aromatic nitrogens is 2. The standard InChI is InChI=1S/C14H9ClN2O/c15-13-8-16-9-14(17-13)18-12-7-3-5-10-4-1-2-6-11(10)12/h1-9H. The first-order valence-electron chi connectivity index (χ1n) is 5.46. The molecule has 88 valence electrons. The van der Waals surface area contributed by atoms with Crippen LogP contribution in [-0.2, 0) is 0 Å². The van der Waals surface area contributed by atoms with Crippen LogP contribution in [0.5, 0.6) is 11.6 Å². The van der Waals surface area contributed by atoms with Gasteiger partial charge in [-0.25, -0.2) is 0 Å². The van der Waals surface area contributed by atoms with Crippen LogP contribution in [0.25, 0.3) is 10.8 Å². The van der Waals surface area contributed by atoms with Crippen molar-refractivity contribution in [2.24, 2.45) is 0 Å². The van der Waals surface area contributed by atoms with Crippen molar-refractivity contribution in [3.8, 4) is 11.6 Å². The van der Waals surface area contributed by atoms with E-state index in [0.717, 1.165) is 16.5 Å². The topological polar surface area (TPSA) is 35.0 Å². The van der Waals surface area contributed by atoms with Gasteiger partial charge in [0.15, 0.2) is 5.15 Å². The monoisotopic (exact) mass is 256 g/mol. The minimum atomic E-state index is 0.313.